The SMILES string of the molecule is Clc1nn(C2CCCNC2)c2c1CNCC2. The van der Waals surface area contributed by atoms with Gasteiger partial charge < -0.3 is 10.6 Å². The van der Waals surface area contributed by atoms with E-state index in [1.165, 1.54) is 24.1 Å². The first kappa shape index (κ1) is 10.6. The number of piperidine rings is 1. The molecule has 3 rings (SSSR count). The van der Waals surface area contributed by atoms with Crippen molar-refractivity contribution in [1.29, 1.82) is 0 Å². The molecule has 88 valence electrons. The van der Waals surface area contributed by atoms with Crippen LogP contribution >= 0.6 is 11.6 Å². The minimum absolute atomic E-state index is 0.494. The van der Waals surface area contributed by atoms with Crippen LogP contribution in [0.1, 0.15) is 30.1 Å². The van der Waals surface area contributed by atoms with Crippen molar-refractivity contribution in [3.63, 3.8) is 0 Å². The highest BCUT2D eigenvalue weighted by atomic mass is 35.5. The van der Waals surface area contributed by atoms with E-state index >= 15 is 0 Å². The standard InChI is InChI=1S/C11H17ClN4/c12-11-9-7-14-5-3-10(9)16(15-11)8-2-1-4-13-6-8/h8,13-14H,1-7H2. The molecular weight excluding hydrogens is 224 g/mol. The Kier molecular flexibility index (Phi) is 2.88. The largest absolute Gasteiger partial charge is 0.315 e. The zero-order valence-corrected chi connectivity index (χ0v) is 10.1. The first-order valence-electron chi connectivity index (χ1n) is 6.03. The molecule has 2 aliphatic rings. The predicted molar refractivity (Wildman–Crippen MR) is 63.8 cm³/mol. The van der Waals surface area contributed by atoms with Gasteiger partial charge in [0, 0.05) is 37.3 Å². The van der Waals surface area contributed by atoms with Gasteiger partial charge in [0.15, 0.2) is 5.15 Å². The van der Waals surface area contributed by atoms with Crippen LogP contribution in [0.25, 0.3) is 0 Å². The monoisotopic (exact) mass is 240 g/mol. The molecule has 0 amide bonds. The quantitative estimate of drug-likeness (QED) is 0.773. The summed E-state index contributed by atoms with van der Waals surface area (Å²) in [5, 5.41) is 12.0. The summed E-state index contributed by atoms with van der Waals surface area (Å²) in [5.74, 6) is 0. The number of halogens is 1. The third kappa shape index (κ3) is 1.75. The lowest BCUT2D eigenvalue weighted by Gasteiger charge is -2.26. The maximum Gasteiger partial charge on any atom is 0.155 e. The third-order valence-corrected chi connectivity index (χ3v) is 3.83. The Labute approximate surface area is 100 Å². The lowest BCUT2D eigenvalue weighted by Crippen LogP contribution is -2.34. The molecule has 0 aromatic carbocycles. The van der Waals surface area contributed by atoms with Crippen LogP contribution in [0.15, 0.2) is 0 Å². The fourth-order valence-electron chi connectivity index (χ4n) is 2.68. The first-order chi connectivity index (χ1) is 7.86. The highest BCUT2D eigenvalue weighted by molar-refractivity contribution is 6.30. The summed E-state index contributed by atoms with van der Waals surface area (Å²) < 4.78 is 2.17. The Bertz CT molecular complexity index is 382. The molecule has 1 saturated heterocycles. The highest BCUT2D eigenvalue weighted by Gasteiger charge is 2.24. The Morgan fingerprint density at radius 1 is 1.31 bits per heavy atom. The van der Waals surface area contributed by atoms with Gasteiger partial charge in [-0.15, -0.1) is 0 Å². The summed E-state index contributed by atoms with van der Waals surface area (Å²) in [7, 11) is 0. The molecule has 2 aliphatic heterocycles. The number of rotatable bonds is 1. The number of fused-ring (bicyclic) bond motifs is 1. The van der Waals surface area contributed by atoms with Crippen molar-refractivity contribution in [3.8, 4) is 0 Å². The van der Waals surface area contributed by atoms with Crippen LogP contribution in [0.2, 0.25) is 5.15 Å². The van der Waals surface area contributed by atoms with E-state index in [1.807, 2.05) is 0 Å². The molecule has 1 unspecified atom stereocenters. The highest BCUT2D eigenvalue weighted by Crippen LogP contribution is 2.27. The van der Waals surface area contributed by atoms with E-state index in [-0.39, 0.29) is 0 Å². The molecule has 0 spiro atoms. The molecule has 2 N–H and O–H groups in total. The predicted octanol–water partition coefficient (Wildman–Crippen LogP) is 1.11. The van der Waals surface area contributed by atoms with Crippen molar-refractivity contribution < 1.29 is 0 Å². The van der Waals surface area contributed by atoms with Gasteiger partial charge in [0.1, 0.15) is 0 Å². The smallest absolute Gasteiger partial charge is 0.155 e. The Hall–Kier alpha value is -0.580. The van der Waals surface area contributed by atoms with Gasteiger partial charge in [-0.25, -0.2) is 0 Å². The summed E-state index contributed by atoms with van der Waals surface area (Å²) in [6.07, 6.45) is 3.49. The van der Waals surface area contributed by atoms with Gasteiger partial charge in [0.25, 0.3) is 0 Å². The second-order valence-electron chi connectivity index (χ2n) is 4.59. The molecule has 5 heteroatoms. The summed E-state index contributed by atoms with van der Waals surface area (Å²) in [6, 6.07) is 0.494. The van der Waals surface area contributed by atoms with Gasteiger partial charge in [-0.05, 0) is 19.4 Å². The molecular formula is C11H17ClN4. The molecule has 1 aromatic rings. The van der Waals surface area contributed by atoms with E-state index in [1.54, 1.807) is 0 Å². The molecule has 1 fully saturated rings. The second-order valence-corrected chi connectivity index (χ2v) is 4.95. The topological polar surface area (TPSA) is 41.9 Å². The minimum atomic E-state index is 0.494. The fraction of sp³-hybridized carbons (Fsp3) is 0.727. The average Bonchev–Trinajstić information content (AvgIpc) is 2.69. The lowest BCUT2D eigenvalue weighted by atomic mass is 10.1. The van der Waals surface area contributed by atoms with Crippen LogP contribution in [-0.4, -0.2) is 29.4 Å². The van der Waals surface area contributed by atoms with Crippen molar-refractivity contribution in [2.24, 2.45) is 0 Å². The van der Waals surface area contributed by atoms with E-state index in [0.29, 0.717) is 11.2 Å². The molecule has 0 radical (unpaired) electrons. The van der Waals surface area contributed by atoms with E-state index in [2.05, 4.69) is 20.4 Å². The third-order valence-electron chi connectivity index (χ3n) is 3.53. The van der Waals surface area contributed by atoms with Gasteiger partial charge in [0.05, 0.1) is 6.04 Å². The zero-order chi connectivity index (χ0) is 11.0. The van der Waals surface area contributed by atoms with Crippen molar-refractivity contribution in [2.75, 3.05) is 19.6 Å². The van der Waals surface area contributed by atoms with Crippen LogP contribution in [0.3, 0.4) is 0 Å². The molecule has 0 saturated carbocycles. The van der Waals surface area contributed by atoms with E-state index < -0.39 is 0 Å². The lowest BCUT2D eigenvalue weighted by molar-refractivity contribution is 0.336. The van der Waals surface area contributed by atoms with E-state index in [0.717, 1.165) is 32.6 Å². The van der Waals surface area contributed by atoms with Crippen molar-refractivity contribution in [3.05, 3.63) is 16.4 Å². The zero-order valence-electron chi connectivity index (χ0n) is 9.30. The number of aromatic nitrogens is 2. The van der Waals surface area contributed by atoms with E-state index in [4.69, 9.17) is 11.6 Å². The summed E-state index contributed by atoms with van der Waals surface area (Å²) >= 11 is 6.19. The van der Waals surface area contributed by atoms with Gasteiger partial charge >= 0.3 is 0 Å². The van der Waals surface area contributed by atoms with Gasteiger partial charge in [-0.1, -0.05) is 11.6 Å². The van der Waals surface area contributed by atoms with Crippen LogP contribution < -0.4 is 10.6 Å². The molecule has 0 bridgehead atoms. The Morgan fingerprint density at radius 2 is 2.25 bits per heavy atom. The molecule has 3 heterocycles. The van der Waals surface area contributed by atoms with Gasteiger partial charge in [0.2, 0.25) is 0 Å². The number of nitrogens with zero attached hydrogens (tertiary/aromatic N) is 2. The van der Waals surface area contributed by atoms with Gasteiger partial charge in [-0.3, -0.25) is 4.68 Å². The maximum absolute atomic E-state index is 6.19. The first-order valence-corrected chi connectivity index (χ1v) is 6.41. The second kappa shape index (κ2) is 4.35. The maximum atomic E-state index is 6.19. The van der Waals surface area contributed by atoms with Gasteiger partial charge in [-0.2, -0.15) is 5.10 Å². The fourth-order valence-corrected chi connectivity index (χ4v) is 2.93. The van der Waals surface area contributed by atoms with Crippen LogP contribution in [0, 0.1) is 0 Å². The van der Waals surface area contributed by atoms with Crippen LogP contribution in [-0.2, 0) is 13.0 Å². The summed E-state index contributed by atoms with van der Waals surface area (Å²) in [5.41, 5.74) is 2.55. The van der Waals surface area contributed by atoms with Crippen molar-refractivity contribution >= 4 is 11.6 Å². The normalized spacial score (nSPS) is 25.4. The number of nitrogens with one attached hydrogen (secondary N) is 2. The number of hydrogen-bond donors (Lipinski definition) is 2. The molecule has 4 nitrogen and oxygen atoms in total. The Balaban J connectivity index is 1.93. The minimum Gasteiger partial charge on any atom is -0.315 e. The molecule has 0 aliphatic carbocycles. The van der Waals surface area contributed by atoms with Crippen LogP contribution in [0.4, 0.5) is 0 Å². The molecule has 16 heavy (non-hydrogen) atoms. The molecule has 1 aromatic heterocycles. The number of hydrogen-bond acceptors (Lipinski definition) is 3. The summed E-state index contributed by atoms with van der Waals surface area (Å²) in [4.78, 5) is 0. The van der Waals surface area contributed by atoms with Crippen molar-refractivity contribution in [2.45, 2.75) is 31.8 Å². The van der Waals surface area contributed by atoms with Crippen molar-refractivity contribution in [1.82, 2.24) is 20.4 Å². The van der Waals surface area contributed by atoms with E-state index in [9.17, 15) is 0 Å². The average molecular weight is 241 g/mol. The summed E-state index contributed by atoms with van der Waals surface area (Å²) in [6.45, 7) is 4.07. The molecule has 1 atom stereocenters. The van der Waals surface area contributed by atoms with Crippen LogP contribution in [0.5, 0.6) is 0 Å². The Morgan fingerprint density at radius 3 is 3.06 bits per heavy atom.